The van der Waals surface area contributed by atoms with Gasteiger partial charge in [0.25, 0.3) is 0 Å². The lowest BCUT2D eigenvalue weighted by Gasteiger charge is -2.10. The van der Waals surface area contributed by atoms with Gasteiger partial charge in [0.15, 0.2) is 5.11 Å². The van der Waals surface area contributed by atoms with E-state index in [2.05, 4.69) is 10.6 Å². The summed E-state index contributed by atoms with van der Waals surface area (Å²) in [7, 11) is 0. The summed E-state index contributed by atoms with van der Waals surface area (Å²) in [5, 5.41) is 8.35. The standard InChI is InChI=1S/C15H14Cl2N2S2/c16-11-1-5-13(6-2-11)19-15(20)18-9-10-21-14-7-3-12(17)4-8-14/h1-8H,9-10H2,(H2,18,19,20). The Kier molecular flexibility index (Phi) is 6.64. The molecule has 0 aliphatic carbocycles. The van der Waals surface area contributed by atoms with Crippen molar-refractivity contribution in [1.29, 1.82) is 0 Å². The molecule has 110 valence electrons. The lowest BCUT2D eigenvalue weighted by atomic mass is 10.3. The van der Waals surface area contributed by atoms with E-state index in [-0.39, 0.29) is 0 Å². The zero-order chi connectivity index (χ0) is 15.1. The molecule has 2 aromatic rings. The van der Waals surface area contributed by atoms with Gasteiger partial charge in [0.05, 0.1) is 0 Å². The third-order valence-corrected chi connectivity index (χ3v) is 4.34. The van der Waals surface area contributed by atoms with Crippen molar-refractivity contribution < 1.29 is 0 Å². The third-order valence-electron chi connectivity index (χ3n) is 2.57. The van der Waals surface area contributed by atoms with E-state index in [9.17, 15) is 0 Å². The molecule has 6 heteroatoms. The molecule has 0 fully saturated rings. The van der Waals surface area contributed by atoms with Crippen LogP contribution in [0, 0.1) is 0 Å². The van der Waals surface area contributed by atoms with Crippen molar-refractivity contribution in [3.8, 4) is 0 Å². The molecule has 0 heterocycles. The van der Waals surface area contributed by atoms with Crippen LogP contribution in [0.4, 0.5) is 5.69 Å². The highest BCUT2D eigenvalue weighted by Gasteiger charge is 1.98. The van der Waals surface area contributed by atoms with E-state index in [0.29, 0.717) is 10.1 Å². The number of anilines is 1. The van der Waals surface area contributed by atoms with Gasteiger partial charge in [-0.15, -0.1) is 11.8 Å². The van der Waals surface area contributed by atoms with Crippen molar-refractivity contribution in [3.05, 3.63) is 58.6 Å². The first-order valence-electron chi connectivity index (χ1n) is 6.32. The average molecular weight is 357 g/mol. The summed E-state index contributed by atoms with van der Waals surface area (Å²) in [4.78, 5) is 1.19. The lowest BCUT2D eigenvalue weighted by Crippen LogP contribution is -2.30. The summed E-state index contributed by atoms with van der Waals surface area (Å²) in [5.74, 6) is 0.921. The van der Waals surface area contributed by atoms with Gasteiger partial charge >= 0.3 is 0 Å². The van der Waals surface area contributed by atoms with Gasteiger partial charge in [-0.05, 0) is 60.7 Å². The molecule has 21 heavy (non-hydrogen) atoms. The number of nitrogens with one attached hydrogen (secondary N) is 2. The van der Waals surface area contributed by atoms with Gasteiger partial charge in [0, 0.05) is 32.9 Å². The van der Waals surface area contributed by atoms with Gasteiger partial charge in [-0.3, -0.25) is 0 Å². The van der Waals surface area contributed by atoms with Gasteiger partial charge in [-0.25, -0.2) is 0 Å². The Bertz CT molecular complexity index is 586. The van der Waals surface area contributed by atoms with Gasteiger partial charge in [-0.2, -0.15) is 0 Å². The Labute approximate surface area is 144 Å². The molecule has 0 spiro atoms. The van der Waals surface area contributed by atoms with E-state index in [0.717, 1.165) is 23.0 Å². The molecule has 2 aromatic carbocycles. The number of hydrogen-bond acceptors (Lipinski definition) is 2. The van der Waals surface area contributed by atoms with Crippen LogP contribution in [0.1, 0.15) is 0 Å². The molecule has 2 nitrogen and oxygen atoms in total. The van der Waals surface area contributed by atoms with E-state index < -0.39 is 0 Å². The van der Waals surface area contributed by atoms with Crippen molar-refractivity contribution in [3.63, 3.8) is 0 Å². The first-order valence-corrected chi connectivity index (χ1v) is 8.47. The maximum atomic E-state index is 5.85. The van der Waals surface area contributed by atoms with Crippen LogP contribution in [0.3, 0.4) is 0 Å². The molecular formula is C15H14Cl2N2S2. The fourth-order valence-corrected chi connectivity index (χ4v) is 2.81. The van der Waals surface area contributed by atoms with Crippen molar-refractivity contribution in [2.45, 2.75) is 4.90 Å². The summed E-state index contributed by atoms with van der Waals surface area (Å²) in [6, 6.07) is 15.2. The molecular weight excluding hydrogens is 343 g/mol. The normalized spacial score (nSPS) is 10.2. The summed E-state index contributed by atoms with van der Waals surface area (Å²) in [6.45, 7) is 0.784. The second kappa shape index (κ2) is 8.49. The van der Waals surface area contributed by atoms with Crippen LogP contribution < -0.4 is 10.6 Å². The zero-order valence-corrected chi connectivity index (χ0v) is 14.3. The second-order valence-corrected chi connectivity index (χ2v) is 6.64. The molecule has 0 bridgehead atoms. The maximum Gasteiger partial charge on any atom is 0.170 e. The van der Waals surface area contributed by atoms with Crippen LogP contribution in [0.25, 0.3) is 0 Å². The molecule has 0 radical (unpaired) electrons. The van der Waals surface area contributed by atoms with E-state index in [1.807, 2.05) is 48.5 Å². The highest BCUT2D eigenvalue weighted by Crippen LogP contribution is 2.19. The molecule has 0 amide bonds. The van der Waals surface area contributed by atoms with Gasteiger partial charge in [0.2, 0.25) is 0 Å². The number of thioether (sulfide) groups is 1. The third kappa shape index (κ3) is 6.14. The van der Waals surface area contributed by atoms with Crippen LogP contribution in [0.2, 0.25) is 10.0 Å². The van der Waals surface area contributed by atoms with E-state index in [1.54, 1.807) is 11.8 Å². The van der Waals surface area contributed by atoms with E-state index in [4.69, 9.17) is 35.4 Å². The molecule has 0 atom stereocenters. The van der Waals surface area contributed by atoms with Gasteiger partial charge < -0.3 is 10.6 Å². The Morgan fingerprint density at radius 2 is 1.52 bits per heavy atom. The number of rotatable bonds is 5. The maximum absolute atomic E-state index is 5.85. The largest absolute Gasteiger partial charge is 0.362 e. The number of halogens is 2. The van der Waals surface area contributed by atoms with Crippen LogP contribution in [-0.2, 0) is 0 Å². The minimum absolute atomic E-state index is 0.606. The monoisotopic (exact) mass is 356 g/mol. The topological polar surface area (TPSA) is 24.1 Å². The van der Waals surface area contributed by atoms with Gasteiger partial charge in [0.1, 0.15) is 0 Å². The van der Waals surface area contributed by atoms with Crippen LogP contribution in [-0.4, -0.2) is 17.4 Å². The first kappa shape index (κ1) is 16.4. The molecule has 0 aromatic heterocycles. The first-order chi connectivity index (χ1) is 10.1. The highest BCUT2D eigenvalue weighted by molar-refractivity contribution is 7.99. The smallest absolute Gasteiger partial charge is 0.170 e. The predicted molar refractivity (Wildman–Crippen MR) is 97.9 cm³/mol. The Balaban J connectivity index is 1.67. The quantitative estimate of drug-likeness (QED) is 0.443. The minimum Gasteiger partial charge on any atom is -0.362 e. The Morgan fingerprint density at radius 3 is 2.14 bits per heavy atom. The van der Waals surface area contributed by atoms with Crippen LogP contribution in [0.15, 0.2) is 53.4 Å². The SMILES string of the molecule is S=C(NCCSc1ccc(Cl)cc1)Nc1ccc(Cl)cc1. The second-order valence-electron chi connectivity index (χ2n) is 4.19. The fraction of sp³-hybridized carbons (Fsp3) is 0.133. The number of benzene rings is 2. The summed E-state index contributed by atoms with van der Waals surface area (Å²) in [6.07, 6.45) is 0. The van der Waals surface area contributed by atoms with Crippen LogP contribution in [0.5, 0.6) is 0 Å². The van der Waals surface area contributed by atoms with Crippen LogP contribution >= 0.6 is 47.2 Å². The molecule has 0 saturated carbocycles. The molecule has 0 aliphatic heterocycles. The molecule has 0 unspecified atom stereocenters. The fourth-order valence-electron chi connectivity index (χ4n) is 1.57. The predicted octanol–water partition coefficient (Wildman–Crippen LogP) is 5.07. The van der Waals surface area contributed by atoms with E-state index in [1.165, 1.54) is 4.90 Å². The molecule has 0 saturated heterocycles. The van der Waals surface area contributed by atoms with Gasteiger partial charge in [-0.1, -0.05) is 23.2 Å². The summed E-state index contributed by atoms with van der Waals surface area (Å²) >= 11 is 18.7. The van der Waals surface area contributed by atoms with Crippen molar-refractivity contribution in [2.75, 3.05) is 17.6 Å². The Hall–Kier alpha value is -0.940. The van der Waals surface area contributed by atoms with E-state index >= 15 is 0 Å². The summed E-state index contributed by atoms with van der Waals surface area (Å²) in [5.41, 5.74) is 0.919. The molecule has 2 N–H and O–H groups in total. The number of hydrogen-bond donors (Lipinski definition) is 2. The zero-order valence-electron chi connectivity index (χ0n) is 11.1. The van der Waals surface area contributed by atoms with Crippen molar-refractivity contribution in [2.24, 2.45) is 0 Å². The molecule has 0 aliphatic rings. The minimum atomic E-state index is 0.606. The van der Waals surface area contributed by atoms with Crippen molar-refractivity contribution in [1.82, 2.24) is 5.32 Å². The average Bonchev–Trinajstić information content (AvgIpc) is 2.48. The highest BCUT2D eigenvalue weighted by atomic mass is 35.5. The Morgan fingerprint density at radius 1 is 0.952 bits per heavy atom. The van der Waals surface area contributed by atoms with Crippen molar-refractivity contribution >= 4 is 58.0 Å². The molecule has 2 rings (SSSR count). The lowest BCUT2D eigenvalue weighted by molar-refractivity contribution is 0.990. The summed E-state index contributed by atoms with van der Waals surface area (Å²) < 4.78 is 0. The number of thiocarbonyl (C=S) groups is 1.